The van der Waals surface area contributed by atoms with E-state index in [1.54, 1.807) is 6.92 Å². The van der Waals surface area contributed by atoms with Crippen molar-refractivity contribution in [3.63, 3.8) is 0 Å². The highest BCUT2D eigenvalue weighted by Gasteiger charge is 2.57. The molecule has 3 aliphatic heterocycles. The topological polar surface area (TPSA) is 111 Å². The Kier molecular flexibility index (Phi) is 6.17. The van der Waals surface area contributed by atoms with E-state index in [2.05, 4.69) is 21.7 Å². The molecule has 9 heteroatoms. The number of nitrogens with two attached hydrogens (primary N) is 2. The van der Waals surface area contributed by atoms with Gasteiger partial charge >= 0.3 is 0 Å². The van der Waals surface area contributed by atoms with Gasteiger partial charge in [-0.15, -0.1) is 0 Å². The third kappa shape index (κ3) is 3.68. The minimum absolute atomic E-state index is 0.0350. The van der Waals surface area contributed by atoms with Crippen molar-refractivity contribution in [3.8, 4) is 0 Å². The molecule has 3 heterocycles. The zero-order chi connectivity index (χ0) is 21.8. The summed E-state index contributed by atoms with van der Waals surface area (Å²) in [7, 11) is 4.10. The molecule has 0 amide bonds. The fourth-order valence-electron chi connectivity index (χ4n) is 5.44. The molecule has 0 saturated carbocycles. The highest BCUT2D eigenvalue weighted by molar-refractivity contribution is 6.30. The molecule has 0 spiro atoms. The van der Waals surface area contributed by atoms with Crippen LogP contribution in [0, 0.1) is 5.92 Å². The lowest BCUT2D eigenvalue weighted by Gasteiger charge is -2.48. The van der Waals surface area contributed by atoms with Gasteiger partial charge in [0.25, 0.3) is 0 Å². The van der Waals surface area contributed by atoms with Gasteiger partial charge in [-0.2, -0.15) is 0 Å². The molecule has 3 aliphatic rings. The summed E-state index contributed by atoms with van der Waals surface area (Å²) in [5.74, 6) is 0.258. The number of ether oxygens (including phenoxy) is 1. The van der Waals surface area contributed by atoms with E-state index in [0.717, 1.165) is 30.8 Å². The minimum Gasteiger partial charge on any atom is -0.386 e. The Balaban J connectivity index is 1.56. The van der Waals surface area contributed by atoms with Crippen LogP contribution in [0.1, 0.15) is 24.5 Å². The zero-order valence-electron chi connectivity index (χ0n) is 17.9. The van der Waals surface area contributed by atoms with Crippen LogP contribution in [0.2, 0.25) is 5.02 Å². The number of hydrogen-bond donors (Lipinski definition) is 4. The largest absolute Gasteiger partial charge is 0.386 e. The summed E-state index contributed by atoms with van der Waals surface area (Å²) in [6.45, 7) is 3.51. The molecule has 1 aromatic carbocycles. The van der Waals surface area contributed by atoms with Crippen LogP contribution in [0.15, 0.2) is 18.2 Å². The van der Waals surface area contributed by atoms with Crippen LogP contribution in [-0.2, 0) is 17.7 Å². The molecule has 4 rings (SSSR count). The fraction of sp³-hybridized carbons (Fsp3) is 0.714. The molecule has 0 radical (unpaired) electrons. The number of aliphatic hydroxyl groups is 2. The Morgan fingerprint density at radius 3 is 2.70 bits per heavy atom. The number of benzene rings is 1. The quantitative estimate of drug-likeness (QED) is 0.516. The Labute approximate surface area is 183 Å². The summed E-state index contributed by atoms with van der Waals surface area (Å²) in [6.07, 6.45) is -0.773. The molecule has 3 saturated heterocycles. The number of aliphatic hydroxyl groups excluding tert-OH is 1. The third-order valence-corrected chi connectivity index (χ3v) is 7.47. The van der Waals surface area contributed by atoms with E-state index >= 15 is 0 Å². The van der Waals surface area contributed by atoms with Gasteiger partial charge in [0.1, 0.15) is 17.9 Å². The van der Waals surface area contributed by atoms with Gasteiger partial charge in [-0.25, -0.2) is 0 Å². The SMILES string of the molecule is CN1CN(C)C2C(CCN2[C@@H]2O[C@H](Cc3ccc(Cl)cc3CN)[C@@](C)(O)[C@H]2O)C1N. The molecule has 6 N–H and O–H groups in total. The molecule has 3 fully saturated rings. The van der Waals surface area contributed by atoms with Crippen LogP contribution in [0.25, 0.3) is 0 Å². The Morgan fingerprint density at radius 1 is 1.27 bits per heavy atom. The number of hydrogen-bond acceptors (Lipinski definition) is 8. The third-order valence-electron chi connectivity index (χ3n) is 7.23. The van der Waals surface area contributed by atoms with Gasteiger partial charge in [-0.1, -0.05) is 17.7 Å². The normalized spacial score (nSPS) is 40.8. The summed E-state index contributed by atoms with van der Waals surface area (Å²) < 4.78 is 6.34. The molecule has 1 aromatic rings. The van der Waals surface area contributed by atoms with E-state index in [4.69, 9.17) is 27.8 Å². The van der Waals surface area contributed by atoms with E-state index in [0.29, 0.717) is 18.0 Å². The van der Waals surface area contributed by atoms with Gasteiger partial charge in [0, 0.05) is 30.5 Å². The summed E-state index contributed by atoms with van der Waals surface area (Å²) in [4.78, 5) is 6.55. The van der Waals surface area contributed by atoms with E-state index in [1.807, 2.05) is 25.2 Å². The molecule has 7 atom stereocenters. The summed E-state index contributed by atoms with van der Waals surface area (Å²) in [6, 6.07) is 5.57. The van der Waals surface area contributed by atoms with Crippen LogP contribution < -0.4 is 11.5 Å². The lowest BCUT2D eigenvalue weighted by molar-refractivity contribution is -0.144. The number of rotatable bonds is 4. The molecule has 3 unspecified atom stereocenters. The first-order valence-electron chi connectivity index (χ1n) is 10.6. The van der Waals surface area contributed by atoms with Gasteiger partial charge in [0.2, 0.25) is 0 Å². The smallest absolute Gasteiger partial charge is 0.141 e. The lowest BCUT2D eigenvalue weighted by atomic mass is 9.89. The van der Waals surface area contributed by atoms with E-state index in [9.17, 15) is 10.2 Å². The number of likely N-dealkylation sites (tertiary alicyclic amines) is 1. The van der Waals surface area contributed by atoms with E-state index < -0.39 is 24.0 Å². The lowest BCUT2D eigenvalue weighted by Crippen LogP contribution is -2.65. The van der Waals surface area contributed by atoms with Crippen molar-refractivity contribution in [1.29, 1.82) is 0 Å². The molecule has 168 valence electrons. The maximum Gasteiger partial charge on any atom is 0.141 e. The summed E-state index contributed by atoms with van der Waals surface area (Å²) >= 11 is 6.10. The Bertz CT molecular complexity index is 781. The number of nitrogens with zero attached hydrogens (tertiary/aromatic N) is 3. The molecule has 30 heavy (non-hydrogen) atoms. The van der Waals surface area contributed by atoms with Crippen LogP contribution in [0.5, 0.6) is 0 Å². The van der Waals surface area contributed by atoms with Crippen molar-refractivity contribution < 1.29 is 14.9 Å². The van der Waals surface area contributed by atoms with Crippen molar-refractivity contribution in [2.24, 2.45) is 17.4 Å². The van der Waals surface area contributed by atoms with E-state index in [-0.39, 0.29) is 18.2 Å². The van der Waals surface area contributed by atoms with Crippen molar-refractivity contribution >= 4 is 11.6 Å². The molecule has 8 nitrogen and oxygen atoms in total. The Hall–Kier alpha value is -0.810. The Morgan fingerprint density at radius 2 is 2.00 bits per heavy atom. The zero-order valence-corrected chi connectivity index (χ0v) is 18.7. The molecular weight excluding hydrogens is 406 g/mol. The predicted molar refractivity (Wildman–Crippen MR) is 115 cm³/mol. The number of halogens is 1. The van der Waals surface area contributed by atoms with Crippen LogP contribution >= 0.6 is 11.6 Å². The monoisotopic (exact) mass is 439 g/mol. The first-order valence-corrected chi connectivity index (χ1v) is 11.0. The fourth-order valence-corrected chi connectivity index (χ4v) is 5.64. The van der Waals surface area contributed by atoms with Crippen LogP contribution in [-0.4, -0.2) is 88.6 Å². The van der Waals surface area contributed by atoms with Gasteiger partial charge in [0.05, 0.1) is 25.1 Å². The second-order valence-corrected chi connectivity index (χ2v) is 9.69. The van der Waals surface area contributed by atoms with Crippen LogP contribution in [0.4, 0.5) is 0 Å². The number of fused-ring (bicyclic) bond motifs is 1. The van der Waals surface area contributed by atoms with Crippen molar-refractivity contribution in [1.82, 2.24) is 14.7 Å². The van der Waals surface area contributed by atoms with Gasteiger partial charge < -0.3 is 26.4 Å². The molecule has 0 aliphatic carbocycles. The maximum absolute atomic E-state index is 11.2. The second-order valence-electron chi connectivity index (χ2n) is 9.26. The molecular formula is C21H34ClN5O3. The van der Waals surface area contributed by atoms with Gasteiger partial charge in [-0.05, 0) is 50.7 Å². The van der Waals surface area contributed by atoms with E-state index in [1.165, 1.54) is 0 Å². The van der Waals surface area contributed by atoms with Crippen molar-refractivity contribution in [2.45, 2.75) is 62.7 Å². The average Bonchev–Trinajstić information content (AvgIpc) is 3.23. The highest BCUT2D eigenvalue weighted by atomic mass is 35.5. The predicted octanol–water partition coefficient (Wildman–Crippen LogP) is -0.0545. The summed E-state index contributed by atoms with van der Waals surface area (Å²) in [5.41, 5.74) is 12.8. The maximum atomic E-state index is 11.2. The van der Waals surface area contributed by atoms with Crippen LogP contribution in [0.3, 0.4) is 0 Å². The second kappa shape index (κ2) is 8.27. The first kappa shape index (κ1) is 22.4. The summed E-state index contributed by atoms with van der Waals surface area (Å²) in [5, 5.41) is 22.9. The van der Waals surface area contributed by atoms with Gasteiger partial charge in [-0.3, -0.25) is 14.7 Å². The standard InChI is InChI=1S/C21H34ClN5O3/c1-21(29)16(9-12-4-5-14(22)8-13(12)10-23)30-20(17(21)28)27-7-6-15-18(24)25(2)11-26(3)19(15)27/h4-5,8,15-20,28-29H,6-7,9-11,23-24H2,1-3H3/t15?,16-,17+,18?,19?,20-,21-/m1/s1. The minimum atomic E-state index is -1.39. The molecule has 0 aromatic heterocycles. The first-order chi connectivity index (χ1) is 14.1. The molecule has 0 bridgehead atoms. The van der Waals surface area contributed by atoms with Crippen molar-refractivity contribution in [2.75, 3.05) is 27.3 Å². The van der Waals surface area contributed by atoms with Crippen molar-refractivity contribution in [3.05, 3.63) is 34.3 Å². The van der Waals surface area contributed by atoms with Gasteiger partial charge in [0.15, 0.2) is 0 Å². The average molecular weight is 440 g/mol. The highest BCUT2D eigenvalue weighted by Crippen LogP contribution is 2.41.